The van der Waals surface area contributed by atoms with Gasteiger partial charge in [-0.3, -0.25) is 9.59 Å². The van der Waals surface area contributed by atoms with Crippen LogP contribution in [0.5, 0.6) is 0 Å². The van der Waals surface area contributed by atoms with E-state index < -0.39 is 0 Å². The van der Waals surface area contributed by atoms with Crippen molar-refractivity contribution in [1.29, 1.82) is 0 Å². The van der Waals surface area contributed by atoms with Crippen molar-refractivity contribution in [3.05, 3.63) is 0 Å². The first kappa shape index (κ1) is 10.2. The maximum atomic E-state index is 11.2. The minimum absolute atomic E-state index is 0.0317. The Morgan fingerprint density at radius 3 is 2.77 bits per heavy atom. The van der Waals surface area contributed by atoms with E-state index in [9.17, 15) is 9.59 Å². The third-order valence-corrected chi connectivity index (χ3v) is 2.45. The first-order chi connectivity index (χ1) is 6.24. The highest BCUT2D eigenvalue weighted by Crippen LogP contribution is 2.19. The molecule has 1 saturated heterocycles. The normalized spacial score (nSPS) is 23.0. The van der Waals surface area contributed by atoms with Crippen molar-refractivity contribution in [3.8, 4) is 0 Å². The second-order valence-corrected chi connectivity index (χ2v) is 3.58. The monoisotopic (exact) mass is 182 g/mol. The molecule has 0 saturated carbocycles. The molecule has 1 radical (unpaired) electrons. The molecule has 3 nitrogen and oxygen atoms in total. The lowest BCUT2D eigenvalue weighted by Gasteiger charge is -2.18. The van der Waals surface area contributed by atoms with Gasteiger partial charge >= 0.3 is 0 Å². The summed E-state index contributed by atoms with van der Waals surface area (Å²) in [6, 6.07) is 0. The first-order valence-corrected chi connectivity index (χ1v) is 5.02. The Bertz CT molecular complexity index is 201. The minimum Gasteiger partial charge on any atom is -0.273 e. The van der Waals surface area contributed by atoms with E-state index in [0.29, 0.717) is 12.8 Å². The van der Waals surface area contributed by atoms with E-state index >= 15 is 0 Å². The topological polar surface area (TPSA) is 48.2 Å². The van der Waals surface area contributed by atoms with Crippen LogP contribution in [-0.2, 0) is 9.59 Å². The number of imide groups is 1. The van der Waals surface area contributed by atoms with Crippen LogP contribution in [-0.4, -0.2) is 11.8 Å². The lowest BCUT2D eigenvalue weighted by molar-refractivity contribution is -0.137. The molecule has 1 rings (SSSR count). The van der Waals surface area contributed by atoms with Gasteiger partial charge in [0.2, 0.25) is 5.91 Å². The van der Waals surface area contributed by atoms with Gasteiger partial charge in [0.15, 0.2) is 0 Å². The smallest absolute Gasteiger partial charge is 0.251 e. The van der Waals surface area contributed by atoms with E-state index in [0.717, 1.165) is 25.7 Å². The molecule has 0 bridgehead atoms. The molecule has 1 fully saturated rings. The zero-order valence-electron chi connectivity index (χ0n) is 8.08. The third-order valence-electron chi connectivity index (χ3n) is 2.45. The van der Waals surface area contributed by atoms with Gasteiger partial charge in [-0.25, -0.2) is 0 Å². The fraction of sp³-hybridized carbons (Fsp3) is 0.800. The molecular weight excluding hydrogens is 166 g/mol. The number of carbonyl (C=O) groups is 2. The van der Waals surface area contributed by atoms with Crippen LogP contribution in [0.3, 0.4) is 0 Å². The van der Waals surface area contributed by atoms with Crippen molar-refractivity contribution in [2.24, 2.45) is 5.92 Å². The van der Waals surface area contributed by atoms with Crippen LogP contribution < -0.4 is 5.32 Å². The summed E-state index contributed by atoms with van der Waals surface area (Å²) < 4.78 is 0. The van der Waals surface area contributed by atoms with Gasteiger partial charge in [0, 0.05) is 12.3 Å². The molecule has 1 aliphatic rings. The summed E-state index contributed by atoms with van der Waals surface area (Å²) in [5.74, 6) is -0.395. The van der Waals surface area contributed by atoms with E-state index in [1.54, 1.807) is 0 Å². The van der Waals surface area contributed by atoms with Crippen LogP contribution in [0, 0.1) is 5.92 Å². The van der Waals surface area contributed by atoms with E-state index in [2.05, 4.69) is 12.2 Å². The van der Waals surface area contributed by atoms with Gasteiger partial charge in [-0.15, -0.1) is 0 Å². The molecule has 2 amide bonds. The summed E-state index contributed by atoms with van der Waals surface area (Å²) in [5.41, 5.74) is 0. The maximum Gasteiger partial charge on any atom is 0.251 e. The summed E-state index contributed by atoms with van der Waals surface area (Å²) >= 11 is 0. The van der Waals surface area contributed by atoms with Crippen LogP contribution in [0.1, 0.15) is 45.4 Å². The minimum atomic E-state index is -0.239. The van der Waals surface area contributed by atoms with Crippen LogP contribution in [0.2, 0.25) is 0 Å². The molecule has 0 N–H and O–H groups in total. The summed E-state index contributed by atoms with van der Waals surface area (Å²) in [6.07, 6.45) is 5.49. The number of rotatable bonds is 4. The van der Waals surface area contributed by atoms with Crippen LogP contribution >= 0.6 is 0 Å². The zero-order chi connectivity index (χ0) is 9.68. The Hall–Kier alpha value is -0.860. The average molecular weight is 182 g/mol. The van der Waals surface area contributed by atoms with Gasteiger partial charge in [-0.05, 0) is 12.8 Å². The van der Waals surface area contributed by atoms with Crippen molar-refractivity contribution >= 4 is 11.8 Å². The van der Waals surface area contributed by atoms with Crippen LogP contribution in [0.15, 0.2) is 0 Å². The highest BCUT2D eigenvalue weighted by Gasteiger charge is 2.27. The number of piperidine rings is 1. The second-order valence-electron chi connectivity index (χ2n) is 3.58. The quantitative estimate of drug-likeness (QED) is 0.490. The molecule has 1 atom stereocenters. The molecular formula is C10H16NO2. The number of hydrogen-bond acceptors (Lipinski definition) is 2. The van der Waals surface area contributed by atoms with Crippen LogP contribution in [0.25, 0.3) is 0 Å². The maximum absolute atomic E-state index is 11.2. The van der Waals surface area contributed by atoms with Crippen molar-refractivity contribution in [1.82, 2.24) is 5.32 Å². The Morgan fingerprint density at radius 1 is 1.38 bits per heavy atom. The number of nitrogens with zero attached hydrogens (tertiary/aromatic N) is 1. The Balaban J connectivity index is 2.26. The van der Waals surface area contributed by atoms with Crippen molar-refractivity contribution in [2.45, 2.75) is 45.4 Å². The summed E-state index contributed by atoms with van der Waals surface area (Å²) in [5, 5.41) is 3.47. The highest BCUT2D eigenvalue weighted by molar-refractivity contribution is 5.98. The molecule has 0 aliphatic carbocycles. The van der Waals surface area contributed by atoms with Gasteiger partial charge in [0.25, 0.3) is 5.91 Å². The number of carbonyl (C=O) groups excluding carboxylic acids is 2. The Kier molecular flexibility index (Phi) is 3.93. The Labute approximate surface area is 78.9 Å². The Morgan fingerprint density at radius 2 is 2.15 bits per heavy atom. The largest absolute Gasteiger partial charge is 0.273 e. The summed E-state index contributed by atoms with van der Waals surface area (Å²) in [4.78, 5) is 22.0. The van der Waals surface area contributed by atoms with Gasteiger partial charge < -0.3 is 0 Å². The standard InChI is InChI=1S/C10H16NO2/c1-2-3-4-5-8-6-7-9(12)11-10(8)13/h8H,2-7H2,1H3. The van der Waals surface area contributed by atoms with E-state index in [4.69, 9.17) is 0 Å². The predicted molar refractivity (Wildman–Crippen MR) is 49.0 cm³/mol. The zero-order valence-corrected chi connectivity index (χ0v) is 8.08. The SMILES string of the molecule is CCCCCC1CCC(=O)[N]C1=O. The summed E-state index contributed by atoms with van der Waals surface area (Å²) in [6.45, 7) is 2.14. The van der Waals surface area contributed by atoms with E-state index in [1.165, 1.54) is 0 Å². The molecule has 3 heteroatoms. The van der Waals surface area contributed by atoms with Crippen molar-refractivity contribution in [2.75, 3.05) is 0 Å². The van der Waals surface area contributed by atoms with E-state index in [-0.39, 0.29) is 17.7 Å². The number of amides is 2. The molecule has 0 spiro atoms. The fourth-order valence-electron chi connectivity index (χ4n) is 1.60. The molecule has 13 heavy (non-hydrogen) atoms. The van der Waals surface area contributed by atoms with E-state index in [1.807, 2.05) is 0 Å². The first-order valence-electron chi connectivity index (χ1n) is 5.02. The van der Waals surface area contributed by atoms with Gasteiger partial charge in [0.1, 0.15) is 0 Å². The van der Waals surface area contributed by atoms with Crippen LogP contribution in [0.4, 0.5) is 0 Å². The summed E-state index contributed by atoms with van der Waals surface area (Å²) in [7, 11) is 0. The third kappa shape index (κ3) is 3.17. The molecule has 1 heterocycles. The molecule has 1 unspecified atom stereocenters. The molecule has 0 aromatic rings. The van der Waals surface area contributed by atoms with Crippen molar-refractivity contribution < 1.29 is 9.59 Å². The fourth-order valence-corrected chi connectivity index (χ4v) is 1.60. The molecule has 1 aliphatic heterocycles. The highest BCUT2D eigenvalue weighted by atomic mass is 16.2. The lowest BCUT2D eigenvalue weighted by Crippen LogP contribution is -2.35. The van der Waals surface area contributed by atoms with Gasteiger partial charge in [-0.2, -0.15) is 5.32 Å². The molecule has 0 aromatic carbocycles. The van der Waals surface area contributed by atoms with Gasteiger partial charge in [-0.1, -0.05) is 26.2 Å². The van der Waals surface area contributed by atoms with Gasteiger partial charge in [0.05, 0.1) is 0 Å². The number of hydrogen-bond donors (Lipinski definition) is 0. The predicted octanol–water partition coefficient (Wildman–Crippen LogP) is 1.63. The second kappa shape index (κ2) is 5.00. The molecule has 0 aromatic heterocycles. The van der Waals surface area contributed by atoms with Crippen molar-refractivity contribution in [3.63, 3.8) is 0 Å². The number of unbranched alkanes of at least 4 members (excludes halogenated alkanes) is 2. The lowest BCUT2D eigenvalue weighted by atomic mass is 9.92. The average Bonchev–Trinajstić information content (AvgIpc) is 2.09. The molecule has 73 valence electrons.